The molecule has 0 aromatic heterocycles. The predicted molar refractivity (Wildman–Crippen MR) is 118 cm³/mol. The largest absolute Gasteiger partial charge is 0.389 e. The van der Waals surface area contributed by atoms with Crippen molar-refractivity contribution in [1.82, 2.24) is 10.6 Å². The van der Waals surface area contributed by atoms with Crippen molar-refractivity contribution in [2.75, 3.05) is 11.9 Å². The first-order valence-electron chi connectivity index (χ1n) is 11.2. The van der Waals surface area contributed by atoms with Gasteiger partial charge in [0.15, 0.2) is 0 Å². The summed E-state index contributed by atoms with van der Waals surface area (Å²) in [6, 6.07) is 6.34. The molecule has 7 nitrogen and oxygen atoms in total. The Morgan fingerprint density at radius 2 is 1.85 bits per heavy atom. The number of benzene rings is 1. The molecule has 1 aromatic carbocycles. The Hall–Kier alpha value is -2.91. The van der Waals surface area contributed by atoms with E-state index in [1.807, 2.05) is 24.3 Å². The fourth-order valence-electron chi connectivity index (χ4n) is 4.24. The average Bonchev–Trinajstić information content (AvgIpc) is 2.88. The summed E-state index contributed by atoms with van der Waals surface area (Å²) in [6.45, 7) is 1.35. The van der Waals surface area contributed by atoms with Crippen molar-refractivity contribution >= 4 is 29.1 Å². The number of hydrogen-bond donors (Lipinski definition) is 2. The van der Waals surface area contributed by atoms with Crippen LogP contribution >= 0.6 is 0 Å². The van der Waals surface area contributed by atoms with Gasteiger partial charge < -0.3 is 15.5 Å². The third-order valence-corrected chi connectivity index (χ3v) is 6.05. The Morgan fingerprint density at radius 1 is 1.18 bits per heavy atom. The number of anilines is 1. The lowest BCUT2D eigenvalue weighted by Gasteiger charge is -2.25. The first-order valence-corrected chi connectivity index (χ1v) is 11.2. The summed E-state index contributed by atoms with van der Waals surface area (Å²) in [5, 5.41) is 4.82. The van der Waals surface area contributed by atoms with E-state index >= 15 is 0 Å². The van der Waals surface area contributed by atoms with Crippen molar-refractivity contribution in [2.24, 2.45) is 10.9 Å². The maximum atomic E-state index is 13.1. The topological polar surface area (TPSA) is 90.9 Å². The number of hydrogen-bond acceptors (Lipinski definition) is 4. The smallest absolute Gasteiger partial charge is 0.345 e. The van der Waals surface area contributed by atoms with E-state index in [2.05, 4.69) is 15.6 Å². The molecule has 1 aliphatic carbocycles. The molecule has 1 saturated carbocycles. The van der Waals surface area contributed by atoms with Crippen LogP contribution in [0.1, 0.15) is 57.4 Å². The van der Waals surface area contributed by atoms with Gasteiger partial charge >= 0.3 is 6.18 Å². The minimum Gasteiger partial charge on any atom is -0.345 e. The molecule has 1 heterocycles. The lowest BCUT2D eigenvalue weighted by atomic mass is 9.83. The van der Waals surface area contributed by atoms with Gasteiger partial charge in [0, 0.05) is 24.9 Å². The van der Waals surface area contributed by atoms with Crippen molar-refractivity contribution in [3.63, 3.8) is 0 Å². The minimum absolute atomic E-state index is 0.165. The molecule has 1 unspecified atom stereocenters. The van der Waals surface area contributed by atoms with Crippen molar-refractivity contribution < 1.29 is 27.6 Å². The molecule has 33 heavy (non-hydrogen) atoms. The third kappa shape index (κ3) is 6.33. The maximum Gasteiger partial charge on any atom is 0.389 e. The highest BCUT2D eigenvalue weighted by molar-refractivity contribution is 6.14. The lowest BCUT2D eigenvalue weighted by molar-refractivity contribution is -0.144. The molecule has 2 aliphatic rings. The molecule has 1 aromatic rings. The SMILES string of the molecule is C[C@H](NC(=O)CCC(F)(F)F)C(=O)NC1N=C(C2CCCCC2)c2ccccc2N(C)C1=O. The number of alkyl halides is 3. The van der Waals surface area contributed by atoms with E-state index in [1.54, 1.807) is 7.05 Å². The normalized spacial score (nSPS) is 20.4. The van der Waals surface area contributed by atoms with Crippen LogP contribution in [-0.4, -0.2) is 48.9 Å². The third-order valence-electron chi connectivity index (χ3n) is 6.05. The summed E-state index contributed by atoms with van der Waals surface area (Å²) in [4.78, 5) is 43.7. The van der Waals surface area contributed by atoms with E-state index in [1.165, 1.54) is 11.8 Å². The molecule has 0 radical (unpaired) electrons. The number of fused-ring (bicyclic) bond motifs is 1. The molecule has 1 fully saturated rings. The number of rotatable bonds is 6. The number of amides is 3. The van der Waals surface area contributed by atoms with E-state index in [-0.39, 0.29) is 5.92 Å². The number of carbonyl (C=O) groups is 3. The van der Waals surface area contributed by atoms with Gasteiger partial charge in [-0.3, -0.25) is 19.4 Å². The molecule has 0 spiro atoms. The Morgan fingerprint density at radius 3 is 2.52 bits per heavy atom. The summed E-state index contributed by atoms with van der Waals surface area (Å²) in [5.41, 5.74) is 2.33. The van der Waals surface area contributed by atoms with Gasteiger partial charge in [-0.05, 0) is 25.8 Å². The van der Waals surface area contributed by atoms with Crippen molar-refractivity contribution in [1.29, 1.82) is 0 Å². The highest BCUT2D eigenvalue weighted by Crippen LogP contribution is 2.33. The van der Waals surface area contributed by atoms with Crippen LogP contribution in [0.3, 0.4) is 0 Å². The van der Waals surface area contributed by atoms with Crippen LogP contribution in [0.15, 0.2) is 29.3 Å². The van der Waals surface area contributed by atoms with Crippen molar-refractivity contribution in [3.05, 3.63) is 29.8 Å². The van der Waals surface area contributed by atoms with E-state index in [9.17, 15) is 27.6 Å². The number of aliphatic imine (C=N–C) groups is 1. The molecule has 2 N–H and O–H groups in total. The Bertz CT molecular complexity index is 926. The molecule has 180 valence electrons. The monoisotopic (exact) mass is 466 g/mol. The van der Waals surface area contributed by atoms with Crippen LogP contribution < -0.4 is 15.5 Å². The number of nitrogens with zero attached hydrogens (tertiary/aromatic N) is 2. The molecule has 0 bridgehead atoms. The van der Waals surface area contributed by atoms with Crippen molar-refractivity contribution in [2.45, 2.75) is 70.3 Å². The zero-order valence-electron chi connectivity index (χ0n) is 18.7. The van der Waals surface area contributed by atoms with E-state index in [0.29, 0.717) is 5.69 Å². The highest BCUT2D eigenvalue weighted by atomic mass is 19.4. The highest BCUT2D eigenvalue weighted by Gasteiger charge is 2.34. The van der Waals surface area contributed by atoms with E-state index in [4.69, 9.17) is 0 Å². The molecule has 0 saturated heterocycles. The summed E-state index contributed by atoms with van der Waals surface area (Å²) in [6.07, 6.45) is -2.54. The average molecular weight is 467 g/mol. The fourth-order valence-corrected chi connectivity index (χ4v) is 4.24. The van der Waals surface area contributed by atoms with Crippen LogP contribution in [0, 0.1) is 5.92 Å². The van der Waals surface area contributed by atoms with Gasteiger partial charge in [0.25, 0.3) is 5.91 Å². The Kier molecular flexibility index (Phi) is 7.76. The number of benzodiazepines with no additional fused rings is 1. The van der Waals surface area contributed by atoms with E-state index < -0.39 is 48.9 Å². The molecule has 1 aliphatic heterocycles. The van der Waals surface area contributed by atoms with Crippen LogP contribution in [-0.2, 0) is 14.4 Å². The maximum absolute atomic E-state index is 13.1. The number of carbonyl (C=O) groups excluding carboxylic acids is 3. The lowest BCUT2D eigenvalue weighted by Crippen LogP contribution is -2.52. The zero-order chi connectivity index (χ0) is 24.2. The quantitative estimate of drug-likeness (QED) is 0.674. The van der Waals surface area contributed by atoms with Gasteiger partial charge in [-0.2, -0.15) is 13.2 Å². The molecule has 3 rings (SSSR count). The summed E-state index contributed by atoms with van der Waals surface area (Å²) in [5.74, 6) is -1.85. The number of likely N-dealkylation sites (N-methyl/N-ethyl adjacent to an activating group) is 1. The van der Waals surface area contributed by atoms with Crippen LogP contribution in [0.2, 0.25) is 0 Å². The predicted octanol–water partition coefficient (Wildman–Crippen LogP) is 3.32. The number of halogens is 3. The number of para-hydroxylation sites is 1. The Balaban J connectivity index is 1.77. The Labute approximate surface area is 190 Å². The second-order valence-electron chi connectivity index (χ2n) is 8.58. The molecule has 10 heteroatoms. The summed E-state index contributed by atoms with van der Waals surface area (Å²) in [7, 11) is 1.61. The van der Waals surface area contributed by atoms with Gasteiger partial charge in [-0.1, -0.05) is 37.5 Å². The molecular formula is C23H29F3N4O3. The second kappa shape index (κ2) is 10.4. The van der Waals surface area contributed by atoms with E-state index in [0.717, 1.165) is 43.4 Å². The van der Waals surface area contributed by atoms with Crippen LogP contribution in [0.5, 0.6) is 0 Å². The van der Waals surface area contributed by atoms with Crippen molar-refractivity contribution in [3.8, 4) is 0 Å². The molecule has 3 amide bonds. The van der Waals surface area contributed by atoms with Gasteiger partial charge in [0.05, 0.1) is 17.8 Å². The molecular weight excluding hydrogens is 437 g/mol. The van der Waals surface area contributed by atoms with Crippen LogP contribution in [0.25, 0.3) is 0 Å². The summed E-state index contributed by atoms with van der Waals surface area (Å²) < 4.78 is 37.0. The second-order valence-corrected chi connectivity index (χ2v) is 8.58. The molecule has 2 atom stereocenters. The van der Waals surface area contributed by atoms with Gasteiger partial charge in [-0.25, -0.2) is 0 Å². The minimum atomic E-state index is -4.46. The first kappa shape index (κ1) is 24.7. The zero-order valence-corrected chi connectivity index (χ0v) is 18.7. The number of nitrogens with one attached hydrogen (secondary N) is 2. The van der Waals surface area contributed by atoms with Crippen LogP contribution in [0.4, 0.5) is 18.9 Å². The standard InChI is InChI=1S/C23H29F3N4O3/c1-14(27-18(31)12-13-23(24,25)26)21(32)29-20-22(33)30(2)17-11-7-6-10-16(17)19(28-20)15-8-4-3-5-9-15/h6-7,10-11,14-15,20H,3-5,8-9,12-13H2,1-2H3,(H,27,31)(H,29,32)/t14-,20?/m0/s1. The fraction of sp³-hybridized carbons (Fsp3) is 0.565. The van der Waals surface area contributed by atoms with Gasteiger partial charge in [0.1, 0.15) is 6.04 Å². The van der Waals surface area contributed by atoms with Gasteiger partial charge in [0.2, 0.25) is 18.0 Å². The van der Waals surface area contributed by atoms with Gasteiger partial charge in [-0.15, -0.1) is 0 Å². The summed E-state index contributed by atoms with van der Waals surface area (Å²) >= 11 is 0. The first-order chi connectivity index (χ1) is 15.6.